The molecule has 1 atom stereocenters. The van der Waals surface area contributed by atoms with E-state index in [1.54, 1.807) is 0 Å². The number of fused-ring (bicyclic) bond motifs is 1. The van der Waals surface area contributed by atoms with Crippen LogP contribution >= 0.6 is 12.2 Å². The van der Waals surface area contributed by atoms with E-state index in [9.17, 15) is 4.79 Å². The average Bonchev–Trinajstić information content (AvgIpc) is 3.20. The zero-order valence-electron chi connectivity index (χ0n) is 17.7. The van der Waals surface area contributed by atoms with Crippen molar-refractivity contribution < 1.29 is 4.74 Å². The minimum absolute atomic E-state index is 0.0497. The first-order chi connectivity index (χ1) is 13.9. The molecule has 1 unspecified atom stereocenters. The van der Waals surface area contributed by atoms with Crippen LogP contribution in [0.1, 0.15) is 30.4 Å². The van der Waals surface area contributed by atoms with Crippen molar-refractivity contribution >= 4 is 28.2 Å². The van der Waals surface area contributed by atoms with Crippen LogP contribution < -0.4 is 10.9 Å². The zero-order chi connectivity index (χ0) is 20.8. The highest BCUT2D eigenvalue weighted by Crippen LogP contribution is 2.16. The first-order valence-electron chi connectivity index (χ1n) is 10.3. The normalized spacial score (nSPS) is 16.5. The third-order valence-corrected chi connectivity index (χ3v) is 5.75. The summed E-state index contributed by atoms with van der Waals surface area (Å²) in [6, 6.07) is 8.05. The molecule has 1 fully saturated rings. The molecular formula is C22H32N4O2S. The number of hydrogen-bond acceptors (Lipinski definition) is 4. The van der Waals surface area contributed by atoms with E-state index in [0.717, 1.165) is 67.5 Å². The topological polar surface area (TPSA) is 60.6 Å². The van der Waals surface area contributed by atoms with E-state index in [-0.39, 0.29) is 11.7 Å². The highest BCUT2D eigenvalue weighted by atomic mass is 32.1. The van der Waals surface area contributed by atoms with Crippen LogP contribution in [0.5, 0.6) is 0 Å². The zero-order valence-corrected chi connectivity index (χ0v) is 18.5. The van der Waals surface area contributed by atoms with Crippen molar-refractivity contribution in [2.75, 3.05) is 40.3 Å². The predicted molar refractivity (Wildman–Crippen MR) is 122 cm³/mol. The molecule has 1 aliphatic rings. The number of benzene rings is 1. The quantitative estimate of drug-likeness (QED) is 0.645. The Morgan fingerprint density at radius 3 is 2.90 bits per heavy atom. The number of rotatable bonds is 8. The van der Waals surface area contributed by atoms with E-state index in [4.69, 9.17) is 17.0 Å². The van der Waals surface area contributed by atoms with E-state index in [1.807, 2.05) is 31.2 Å². The Morgan fingerprint density at radius 2 is 2.17 bits per heavy atom. The van der Waals surface area contributed by atoms with Gasteiger partial charge in [-0.1, -0.05) is 18.2 Å². The second-order valence-corrected chi connectivity index (χ2v) is 8.45. The first kappa shape index (κ1) is 21.7. The minimum atomic E-state index is -0.0497. The van der Waals surface area contributed by atoms with Crippen molar-refractivity contribution in [1.29, 1.82) is 0 Å². The largest absolute Gasteiger partial charge is 0.376 e. The van der Waals surface area contributed by atoms with E-state index < -0.39 is 0 Å². The van der Waals surface area contributed by atoms with Crippen LogP contribution in [0.3, 0.4) is 0 Å². The fourth-order valence-corrected chi connectivity index (χ4v) is 3.94. The number of aromatic amines is 1. The second kappa shape index (κ2) is 10.2. The molecule has 2 aromatic rings. The molecule has 0 radical (unpaired) electrons. The Morgan fingerprint density at radius 1 is 1.34 bits per heavy atom. The number of pyridine rings is 1. The lowest BCUT2D eigenvalue weighted by atomic mass is 10.1. The van der Waals surface area contributed by atoms with Gasteiger partial charge in [0, 0.05) is 25.3 Å². The van der Waals surface area contributed by atoms with Crippen molar-refractivity contribution in [1.82, 2.24) is 20.1 Å². The molecule has 2 N–H and O–H groups in total. The lowest BCUT2D eigenvalue weighted by molar-refractivity contribution is 0.113. The van der Waals surface area contributed by atoms with Crippen molar-refractivity contribution in [3.63, 3.8) is 0 Å². The molecule has 29 heavy (non-hydrogen) atoms. The molecule has 6 nitrogen and oxygen atoms in total. The van der Waals surface area contributed by atoms with E-state index in [1.165, 1.54) is 0 Å². The summed E-state index contributed by atoms with van der Waals surface area (Å²) in [6.07, 6.45) is 3.38. The summed E-state index contributed by atoms with van der Waals surface area (Å²) in [7, 11) is 4.13. The van der Waals surface area contributed by atoms with Crippen molar-refractivity contribution in [3.8, 4) is 0 Å². The van der Waals surface area contributed by atoms with E-state index >= 15 is 0 Å². The van der Waals surface area contributed by atoms with Gasteiger partial charge < -0.3 is 24.8 Å². The fourth-order valence-electron chi connectivity index (χ4n) is 3.70. The summed E-state index contributed by atoms with van der Waals surface area (Å²) in [4.78, 5) is 20.0. The van der Waals surface area contributed by atoms with Gasteiger partial charge in [-0.25, -0.2) is 0 Å². The Kier molecular flexibility index (Phi) is 7.64. The number of aryl methyl sites for hydroxylation is 1. The third-order valence-electron chi connectivity index (χ3n) is 5.35. The summed E-state index contributed by atoms with van der Waals surface area (Å²) in [5, 5.41) is 5.09. The summed E-state index contributed by atoms with van der Waals surface area (Å²) in [6.45, 7) is 5.81. The number of H-pyrrole nitrogens is 1. The highest BCUT2D eigenvalue weighted by Gasteiger charge is 2.18. The Balaban J connectivity index is 1.74. The lowest BCUT2D eigenvalue weighted by Gasteiger charge is -2.27. The standard InChI is InChI=1S/C22H32N4O2S/c1-16-7-4-8-17-13-18(21(27)24-20(16)17)15-26(11-6-10-25(2)3)22(29)23-14-19-9-5-12-28-19/h4,7-8,13,19H,5-6,9-12,14-15H2,1-3H3,(H,23,29)(H,24,27). The maximum Gasteiger partial charge on any atom is 0.253 e. The fraction of sp³-hybridized carbons (Fsp3) is 0.545. The van der Waals surface area contributed by atoms with Gasteiger partial charge in [-0.2, -0.15) is 0 Å². The van der Waals surface area contributed by atoms with Crippen LogP contribution in [-0.4, -0.2) is 66.3 Å². The number of para-hydroxylation sites is 1. The SMILES string of the molecule is Cc1cccc2cc(CN(CCCN(C)C)C(=S)NCC3CCCO3)c(=O)[nH]c12. The molecule has 1 aliphatic heterocycles. The van der Waals surface area contributed by atoms with Gasteiger partial charge in [0.2, 0.25) is 0 Å². The van der Waals surface area contributed by atoms with Gasteiger partial charge in [0.1, 0.15) is 0 Å². The van der Waals surface area contributed by atoms with Crippen LogP contribution in [0.4, 0.5) is 0 Å². The third kappa shape index (κ3) is 6.01. The Bertz CT molecular complexity index is 890. The van der Waals surface area contributed by atoms with Gasteiger partial charge in [-0.15, -0.1) is 0 Å². The Labute approximate surface area is 178 Å². The smallest absolute Gasteiger partial charge is 0.253 e. The minimum Gasteiger partial charge on any atom is -0.376 e. The average molecular weight is 417 g/mol. The summed E-state index contributed by atoms with van der Waals surface area (Å²) < 4.78 is 5.69. The molecule has 1 aromatic carbocycles. The van der Waals surface area contributed by atoms with Crippen LogP contribution in [0.15, 0.2) is 29.1 Å². The van der Waals surface area contributed by atoms with Crippen LogP contribution in [0.2, 0.25) is 0 Å². The van der Waals surface area contributed by atoms with E-state index in [2.05, 4.69) is 34.2 Å². The molecule has 0 amide bonds. The van der Waals surface area contributed by atoms with Gasteiger partial charge in [-0.3, -0.25) is 4.79 Å². The molecular weight excluding hydrogens is 384 g/mol. The maximum absolute atomic E-state index is 12.7. The number of nitrogens with zero attached hydrogens (tertiary/aromatic N) is 2. The number of aromatic nitrogens is 1. The molecule has 1 aromatic heterocycles. The number of nitrogens with one attached hydrogen (secondary N) is 2. The molecule has 2 heterocycles. The molecule has 7 heteroatoms. The van der Waals surface area contributed by atoms with Crippen LogP contribution in [-0.2, 0) is 11.3 Å². The number of thiocarbonyl (C=S) groups is 1. The lowest BCUT2D eigenvalue weighted by Crippen LogP contribution is -2.43. The van der Waals surface area contributed by atoms with Gasteiger partial charge >= 0.3 is 0 Å². The van der Waals surface area contributed by atoms with E-state index in [0.29, 0.717) is 11.7 Å². The molecule has 0 spiro atoms. The molecule has 3 rings (SSSR count). The highest BCUT2D eigenvalue weighted by molar-refractivity contribution is 7.80. The molecule has 0 saturated carbocycles. The molecule has 158 valence electrons. The summed E-state index contributed by atoms with van der Waals surface area (Å²) in [5.41, 5.74) is 2.66. The van der Waals surface area contributed by atoms with Gasteiger partial charge in [0.25, 0.3) is 5.56 Å². The van der Waals surface area contributed by atoms with Crippen molar-refractivity contribution in [2.45, 2.75) is 38.8 Å². The molecule has 0 aliphatic carbocycles. The van der Waals surface area contributed by atoms with Gasteiger partial charge in [-0.05, 0) is 76.1 Å². The first-order valence-corrected chi connectivity index (χ1v) is 10.8. The predicted octanol–water partition coefficient (Wildman–Crippen LogP) is 2.64. The van der Waals surface area contributed by atoms with Crippen LogP contribution in [0.25, 0.3) is 10.9 Å². The molecule has 1 saturated heterocycles. The summed E-state index contributed by atoms with van der Waals surface area (Å²) in [5.74, 6) is 0. The van der Waals surface area contributed by atoms with Gasteiger partial charge in [0.15, 0.2) is 5.11 Å². The van der Waals surface area contributed by atoms with Gasteiger partial charge in [0.05, 0.1) is 18.2 Å². The number of hydrogen-bond donors (Lipinski definition) is 2. The van der Waals surface area contributed by atoms with Crippen molar-refractivity contribution in [3.05, 3.63) is 45.7 Å². The number of ether oxygens (including phenoxy) is 1. The van der Waals surface area contributed by atoms with Crippen molar-refractivity contribution in [2.24, 2.45) is 0 Å². The Hall–Kier alpha value is -1.96. The second-order valence-electron chi connectivity index (χ2n) is 8.06. The molecule has 0 bridgehead atoms. The monoisotopic (exact) mass is 416 g/mol. The summed E-state index contributed by atoms with van der Waals surface area (Å²) >= 11 is 5.68. The van der Waals surface area contributed by atoms with Crippen LogP contribution in [0, 0.1) is 6.92 Å². The maximum atomic E-state index is 12.7.